The minimum Gasteiger partial charge on any atom is -0.503 e. The summed E-state index contributed by atoms with van der Waals surface area (Å²) in [5.74, 6) is 1.22. The Morgan fingerprint density at radius 2 is 1.35 bits per heavy atom. The molecule has 0 bridgehead atoms. The molecule has 1 aliphatic heterocycles. The fraction of sp³-hybridized carbons (Fsp3) is 0.0870. The average molecular weight is 888 g/mol. The van der Waals surface area contributed by atoms with E-state index in [0.717, 1.165) is 37.6 Å². The molecule has 0 radical (unpaired) electrons. The van der Waals surface area contributed by atoms with Crippen molar-refractivity contribution in [2.24, 2.45) is 0 Å². The molecular weight excluding hydrogens is 856 g/mol. The van der Waals surface area contributed by atoms with Crippen molar-refractivity contribution in [2.75, 3.05) is 0 Å². The van der Waals surface area contributed by atoms with Crippen molar-refractivity contribution in [3.8, 4) is 33.2 Å². The molecule has 1 aliphatic rings. The van der Waals surface area contributed by atoms with Gasteiger partial charge in [0.2, 0.25) is 0 Å². The van der Waals surface area contributed by atoms with E-state index in [2.05, 4.69) is 148 Å². The molecule has 3 nitrogen and oxygen atoms in total. The number of rotatable bonds is 6. The summed E-state index contributed by atoms with van der Waals surface area (Å²) >= 11 is 3.47. The molecule has 0 saturated heterocycles. The van der Waals surface area contributed by atoms with Gasteiger partial charge < -0.3 is 4.74 Å². The van der Waals surface area contributed by atoms with Crippen LogP contribution >= 0.6 is 23.1 Å². The van der Waals surface area contributed by atoms with E-state index in [-0.39, 0.29) is 21.1 Å². The maximum Gasteiger partial charge on any atom is 2.00 e. The predicted octanol–water partition coefficient (Wildman–Crippen LogP) is 12.2. The molecule has 0 amide bonds. The Kier molecular flexibility index (Phi) is 9.21. The molecule has 254 valence electrons. The van der Waals surface area contributed by atoms with Gasteiger partial charge in [-0.3, -0.25) is 9.97 Å². The van der Waals surface area contributed by atoms with Gasteiger partial charge in [0, 0.05) is 37.2 Å². The fourth-order valence-corrected chi connectivity index (χ4v) is 9.74. The predicted molar refractivity (Wildman–Crippen MR) is 209 cm³/mol. The number of thiazole rings is 1. The Balaban J connectivity index is 0.00000387. The zero-order valence-electron chi connectivity index (χ0n) is 28.7. The Bertz CT molecular complexity index is 2500. The number of pyridine rings is 1. The number of para-hydroxylation sites is 1. The van der Waals surface area contributed by atoms with E-state index in [9.17, 15) is 0 Å². The zero-order chi connectivity index (χ0) is 34.5. The van der Waals surface area contributed by atoms with Gasteiger partial charge in [-0.15, -0.1) is 29.3 Å². The van der Waals surface area contributed by atoms with Crippen molar-refractivity contribution in [1.29, 1.82) is 0 Å². The smallest absolute Gasteiger partial charge is 0.503 e. The summed E-state index contributed by atoms with van der Waals surface area (Å²) in [4.78, 5) is 12.4. The number of hydrogen-bond acceptors (Lipinski definition) is 5. The quantitative estimate of drug-likeness (QED) is 0.156. The van der Waals surface area contributed by atoms with E-state index in [0.29, 0.717) is 11.5 Å². The van der Waals surface area contributed by atoms with Crippen molar-refractivity contribution in [3.63, 3.8) is 0 Å². The van der Waals surface area contributed by atoms with Crippen molar-refractivity contribution < 1.29 is 25.8 Å². The second-order valence-electron chi connectivity index (χ2n) is 13.0. The van der Waals surface area contributed by atoms with E-state index in [4.69, 9.17) is 14.7 Å². The van der Waals surface area contributed by atoms with Crippen LogP contribution in [0.1, 0.15) is 39.1 Å². The standard InChI is InChI=1S/C46H32N2OS2.Pt/c1-29-23-30(2)44(31(3)24-29)32-25-33(45-48-39-17-6-9-20-42(39)51-45)27-36(26-32)49-35-14-12-13-34(28-35)46(43-21-10-11-22-47-43)37-15-4-7-18-40(37)50-41-19-8-5-16-38(41)46;/h4-26H,1-3H3;/q-2;+2. The summed E-state index contributed by atoms with van der Waals surface area (Å²) in [5.41, 5.74) is 11.4. The number of fused-ring (bicyclic) bond motifs is 3. The molecule has 0 atom stereocenters. The molecule has 9 rings (SSSR count). The van der Waals surface area contributed by atoms with Gasteiger partial charge in [-0.05, 0) is 85.0 Å². The summed E-state index contributed by atoms with van der Waals surface area (Å²) in [6.07, 6.45) is 1.88. The summed E-state index contributed by atoms with van der Waals surface area (Å²) in [5, 5.41) is 0.907. The first-order chi connectivity index (χ1) is 25.0. The van der Waals surface area contributed by atoms with Crippen LogP contribution in [-0.4, -0.2) is 9.97 Å². The molecular formula is C46H32N2OPtS2. The van der Waals surface area contributed by atoms with E-state index in [1.54, 1.807) is 23.1 Å². The van der Waals surface area contributed by atoms with Crippen molar-refractivity contribution in [1.82, 2.24) is 9.97 Å². The third-order valence-corrected chi connectivity index (χ3v) is 11.8. The topological polar surface area (TPSA) is 35.0 Å². The molecule has 0 aliphatic carbocycles. The maximum absolute atomic E-state index is 6.81. The first-order valence-corrected chi connectivity index (χ1v) is 18.6. The molecule has 0 N–H and O–H groups in total. The minimum atomic E-state index is -0.701. The SMILES string of the molecule is Cc1cc(C)c(-c2cc(Oc3[c-]c(C4(c5ccccn5)c5ccccc5Sc5ccccc54)ccc3)[c-]c(-c3nc4ccccc4s3)c2)c(C)c1.[Pt+2]. The average Bonchev–Trinajstić information content (AvgIpc) is 3.59. The first-order valence-electron chi connectivity index (χ1n) is 17.0. The number of nitrogens with zero attached hydrogens (tertiary/aromatic N) is 2. The van der Waals surface area contributed by atoms with Crippen LogP contribution in [0.4, 0.5) is 0 Å². The van der Waals surface area contributed by atoms with E-state index < -0.39 is 5.41 Å². The van der Waals surface area contributed by atoms with Crippen LogP contribution in [0.25, 0.3) is 31.9 Å². The van der Waals surface area contributed by atoms with Crippen LogP contribution < -0.4 is 4.74 Å². The number of benzene rings is 6. The van der Waals surface area contributed by atoms with Gasteiger partial charge in [-0.25, -0.2) is 0 Å². The van der Waals surface area contributed by atoms with Crippen LogP contribution in [-0.2, 0) is 26.5 Å². The molecule has 0 spiro atoms. The van der Waals surface area contributed by atoms with E-state index >= 15 is 0 Å². The van der Waals surface area contributed by atoms with Gasteiger partial charge in [0.15, 0.2) is 0 Å². The van der Waals surface area contributed by atoms with E-state index in [1.165, 1.54) is 43.2 Å². The van der Waals surface area contributed by atoms with Gasteiger partial charge in [-0.1, -0.05) is 102 Å². The van der Waals surface area contributed by atoms with Crippen molar-refractivity contribution in [2.45, 2.75) is 36.0 Å². The number of aryl methyl sites for hydroxylation is 3. The largest absolute Gasteiger partial charge is 2.00 e. The number of ether oxygens (including phenoxy) is 1. The summed E-state index contributed by atoms with van der Waals surface area (Å²) in [6, 6.07) is 54.0. The Hall–Kier alpha value is -4.80. The second-order valence-corrected chi connectivity index (χ2v) is 15.1. The Morgan fingerprint density at radius 1 is 0.654 bits per heavy atom. The molecule has 6 aromatic carbocycles. The molecule has 8 aromatic rings. The van der Waals surface area contributed by atoms with Crippen molar-refractivity contribution in [3.05, 3.63) is 191 Å². The van der Waals surface area contributed by atoms with Gasteiger partial charge in [0.1, 0.15) is 0 Å². The molecule has 2 aromatic heterocycles. The van der Waals surface area contributed by atoms with Crippen LogP contribution in [0.3, 0.4) is 0 Å². The Labute approximate surface area is 327 Å². The molecule has 0 fully saturated rings. The molecule has 0 unspecified atom stereocenters. The van der Waals surface area contributed by atoms with Gasteiger partial charge in [0.05, 0.1) is 16.6 Å². The van der Waals surface area contributed by atoms with Crippen LogP contribution in [0.15, 0.2) is 149 Å². The van der Waals surface area contributed by atoms with Gasteiger partial charge in [0.25, 0.3) is 0 Å². The van der Waals surface area contributed by atoms with E-state index in [1.807, 2.05) is 24.4 Å². The third-order valence-electron chi connectivity index (χ3n) is 9.58. The number of hydrogen-bond donors (Lipinski definition) is 0. The van der Waals surface area contributed by atoms with Gasteiger partial charge >= 0.3 is 21.1 Å². The monoisotopic (exact) mass is 887 g/mol. The summed E-state index contributed by atoms with van der Waals surface area (Å²) in [7, 11) is 0. The normalized spacial score (nSPS) is 12.8. The maximum atomic E-state index is 6.81. The first kappa shape index (κ1) is 34.3. The zero-order valence-corrected chi connectivity index (χ0v) is 32.6. The van der Waals surface area contributed by atoms with Crippen molar-refractivity contribution >= 4 is 33.3 Å². The minimum absolute atomic E-state index is 0. The molecule has 3 heterocycles. The van der Waals surface area contributed by atoms with Gasteiger partial charge in [-0.2, -0.15) is 23.5 Å². The molecule has 6 heteroatoms. The fourth-order valence-electron chi connectivity index (χ4n) is 7.61. The Morgan fingerprint density at radius 3 is 2.06 bits per heavy atom. The molecule has 52 heavy (non-hydrogen) atoms. The van der Waals surface area contributed by atoms with Crippen LogP contribution in [0, 0.1) is 32.9 Å². The van der Waals surface area contributed by atoms with Crippen LogP contribution in [0.5, 0.6) is 11.5 Å². The number of aromatic nitrogens is 2. The summed E-state index contributed by atoms with van der Waals surface area (Å²) < 4.78 is 7.95. The second kappa shape index (κ2) is 14.0. The third kappa shape index (κ3) is 5.91. The summed E-state index contributed by atoms with van der Waals surface area (Å²) in [6.45, 7) is 6.50. The molecule has 0 saturated carbocycles. The van der Waals surface area contributed by atoms with Crippen LogP contribution in [0.2, 0.25) is 0 Å².